The van der Waals surface area contributed by atoms with Gasteiger partial charge in [-0.3, -0.25) is 4.90 Å². The zero-order chi connectivity index (χ0) is 14.5. The fraction of sp³-hybridized carbons (Fsp3) is 0.625. The predicted octanol–water partition coefficient (Wildman–Crippen LogP) is 1.47. The average molecular weight is 277 g/mol. The van der Waals surface area contributed by atoms with Crippen molar-refractivity contribution in [2.75, 3.05) is 40.3 Å². The van der Waals surface area contributed by atoms with Crippen molar-refractivity contribution < 1.29 is 4.74 Å². The van der Waals surface area contributed by atoms with Gasteiger partial charge in [0, 0.05) is 45.4 Å². The predicted molar refractivity (Wildman–Crippen MR) is 82.6 cm³/mol. The Morgan fingerprint density at radius 3 is 2.75 bits per heavy atom. The van der Waals surface area contributed by atoms with E-state index < -0.39 is 0 Å². The third kappa shape index (κ3) is 3.38. The number of likely N-dealkylation sites (N-methyl/N-ethyl adjacent to an activating group) is 1. The smallest absolute Gasteiger partial charge is 0.0716 e. The Bertz CT molecular complexity index is 424. The SMILES string of the molecule is COCc1ccccc1C(CN)N1CCN(C)C(C)C1. The van der Waals surface area contributed by atoms with Gasteiger partial charge in [-0.05, 0) is 25.1 Å². The highest BCUT2D eigenvalue weighted by Gasteiger charge is 2.27. The maximum atomic E-state index is 6.08. The number of hydrogen-bond acceptors (Lipinski definition) is 4. The summed E-state index contributed by atoms with van der Waals surface area (Å²) in [6, 6.07) is 9.36. The van der Waals surface area contributed by atoms with E-state index in [9.17, 15) is 0 Å². The van der Waals surface area contributed by atoms with Gasteiger partial charge < -0.3 is 15.4 Å². The molecule has 0 aromatic heterocycles. The highest BCUT2D eigenvalue weighted by molar-refractivity contribution is 5.30. The number of methoxy groups -OCH3 is 1. The van der Waals surface area contributed by atoms with Crippen LogP contribution in [0.5, 0.6) is 0 Å². The van der Waals surface area contributed by atoms with E-state index in [-0.39, 0.29) is 6.04 Å². The molecule has 2 N–H and O–H groups in total. The van der Waals surface area contributed by atoms with Crippen LogP contribution in [0.25, 0.3) is 0 Å². The van der Waals surface area contributed by atoms with Gasteiger partial charge in [0.2, 0.25) is 0 Å². The molecule has 1 aromatic rings. The van der Waals surface area contributed by atoms with Crippen LogP contribution in [0, 0.1) is 0 Å². The van der Waals surface area contributed by atoms with Gasteiger partial charge in [0.25, 0.3) is 0 Å². The minimum atomic E-state index is 0.289. The van der Waals surface area contributed by atoms with Crippen LogP contribution in [-0.4, -0.2) is 56.2 Å². The second-order valence-corrected chi connectivity index (χ2v) is 5.71. The van der Waals surface area contributed by atoms with Crippen LogP contribution >= 0.6 is 0 Å². The zero-order valence-electron chi connectivity index (χ0n) is 12.9. The standard InChI is InChI=1S/C16H27N3O/c1-13-11-19(9-8-18(13)2)16(10-17)15-7-5-4-6-14(15)12-20-3/h4-7,13,16H,8-12,17H2,1-3H3. The fourth-order valence-corrected chi connectivity index (χ4v) is 2.98. The lowest BCUT2D eigenvalue weighted by Gasteiger charge is -2.42. The number of benzene rings is 1. The quantitative estimate of drug-likeness (QED) is 0.885. The van der Waals surface area contributed by atoms with Crippen LogP contribution < -0.4 is 5.73 Å². The zero-order valence-corrected chi connectivity index (χ0v) is 12.9. The molecule has 0 saturated carbocycles. The summed E-state index contributed by atoms with van der Waals surface area (Å²) in [5, 5.41) is 0. The fourth-order valence-electron chi connectivity index (χ4n) is 2.98. The summed E-state index contributed by atoms with van der Waals surface area (Å²) in [6.07, 6.45) is 0. The Balaban J connectivity index is 2.19. The maximum absolute atomic E-state index is 6.08. The van der Waals surface area contributed by atoms with Gasteiger partial charge in [0.15, 0.2) is 0 Å². The van der Waals surface area contributed by atoms with E-state index in [2.05, 4.69) is 48.0 Å². The summed E-state index contributed by atoms with van der Waals surface area (Å²) >= 11 is 0. The van der Waals surface area contributed by atoms with Gasteiger partial charge in [0.1, 0.15) is 0 Å². The van der Waals surface area contributed by atoms with E-state index in [1.165, 1.54) is 11.1 Å². The summed E-state index contributed by atoms with van der Waals surface area (Å²) in [5.41, 5.74) is 8.65. The second kappa shape index (κ2) is 7.18. The minimum Gasteiger partial charge on any atom is -0.380 e. The van der Waals surface area contributed by atoms with Crippen molar-refractivity contribution in [1.82, 2.24) is 9.80 Å². The second-order valence-electron chi connectivity index (χ2n) is 5.71. The normalized spacial score (nSPS) is 22.9. The Labute approximate surface area is 122 Å². The molecule has 1 fully saturated rings. The van der Waals surface area contributed by atoms with Gasteiger partial charge in [-0.2, -0.15) is 0 Å². The van der Waals surface area contributed by atoms with E-state index in [1.807, 2.05) is 0 Å². The molecule has 112 valence electrons. The first-order valence-electron chi connectivity index (χ1n) is 7.38. The highest BCUT2D eigenvalue weighted by Crippen LogP contribution is 2.26. The molecule has 1 aliphatic heterocycles. The van der Waals surface area contributed by atoms with E-state index in [4.69, 9.17) is 10.5 Å². The molecule has 1 heterocycles. The summed E-state index contributed by atoms with van der Waals surface area (Å²) in [5.74, 6) is 0. The van der Waals surface area contributed by atoms with Crippen molar-refractivity contribution in [2.45, 2.75) is 25.6 Å². The van der Waals surface area contributed by atoms with E-state index >= 15 is 0 Å². The topological polar surface area (TPSA) is 41.7 Å². The molecule has 0 radical (unpaired) electrons. The number of hydrogen-bond donors (Lipinski definition) is 1. The Morgan fingerprint density at radius 2 is 2.10 bits per heavy atom. The van der Waals surface area contributed by atoms with Gasteiger partial charge in [-0.15, -0.1) is 0 Å². The van der Waals surface area contributed by atoms with Crippen molar-refractivity contribution in [3.8, 4) is 0 Å². The van der Waals surface area contributed by atoms with Crippen molar-refractivity contribution in [3.63, 3.8) is 0 Å². The molecule has 4 nitrogen and oxygen atoms in total. The first kappa shape index (κ1) is 15.4. The monoisotopic (exact) mass is 277 g/mol. The number of rotatable bonds is 5. The third-order valence-corrected chi connectivity index (χ3v) is 4.37. The van der Waals surface area contributed by atoms with Crippen LogP contribution in [0.2, 0.25) is 0 Å². The van der Waals surface area contributed by atoms with E-state index in [1.54, 1.807) is 7.11 Å². The van der Waals surface area contributed by atoms with Crippen molar-refractivity contribution in [2.24, 2.45) is 5.73 Å². The largest absolute Gasteiger partial charge is 0.380 e. The summed E-state index contributed by atoms with van der Waals surface area (Å²) in [7, 11) is 3.94. The van der Waals surface area contributed by atoms with E-state index in [0.29, 0.717) is 19.2 Å². The van der Waals surface area contributed by atoms with Crippen LogP contribution in [0.3, 0.4) is 0 Å². The van der Waals surface area contributed by atoms with Crippen molar-refractivity contribution >= 4 is 0 Å². The molecular weight excluding hydrogens is 250 g/mol. The number of piperazine rings is 1. The van der Waals surface area contributed by atoms with Gasteiger partial charge in [-0.1, -0.05) is 24.3 Å². The molecule has 2 unspecified atom stereocenters. The molecular formula is C16H27N3O. The Kier molecular flexibility index (Phi) is 5.54. The van der Waals surface area contributed by atoms with Crippen molar-refractivity contribution in [3.05, 3.63) is 35.4 Å². The Morgan fingerprint density at radius 1 is 1.35 bits per heavy atom. The molecule has 2 atom stereocenters. The lowest BCUT2D eigenvalue weighted by molar-refractivity contribution is 0.0730. The third-order valence-electron chi connectivity index (χ3n) is 4.37. The van der Waals surface area contributed by atoms with Crippen LogP contribution in [0.1, 0.15) is 24.1 Å². The summed E-state index contributed by atoms with van der Waals surface area (Å²) in [4.78, 5) is 4.92. The van der Waals surface area contributed by atoms with Gasteiger partial charge >= 0.3 is 0 Å². The average Bonchev–Trinajstić information content (AvgIpc) is 2.45. The van der Waals surface area contributed by atoms with Gasteiger partial charge in [0.05, 0.1) is 6.61 Å². The molecule has 0 bridgehead atoms. The summed E-state index contributed by atoms with van der Waals surface area (Å²) < 4.78 is 5.32. The number of nitrogens with two attached hydrogens (primary N) is 1. The molecule has 0 spiro atoms. The highest BCUT2D eigenvalue weighted by atomic mass is 16.5. The van der Waals surface area contributed by atoms with Crippen LogP contribution in [0.4, 0.5) is 0 Å². The number of nitrogens with zero attached hydrogens (tertiary/aromatic N) is 2. The molecule has 0 amide bonds. The molecule has 20 heavy (non-hydrogen) atoms. The lowest BCUT2D eigenvalue weighted by atomic mass is 9.98. The summed E-state index contributed by atoms with van der Waals surface area (Å²) in [6.45, 7) is 6.82. The lowest BCUT2D eigenvalue weighted by Crippen LogP contribution is -2.52. The maximum Gasteiger partial charge on any atom is 0.0716 e. The van der Waals surface area contributed by atoms with Crippen LogP contribution in [0.15, 0.2) is 24.3 Å². The molecule has 1 aliphatic rings. The minimum absolute atomic E-state index is 0.289. The molecule has 1 saturated heterocycles. The first-order chi connectivity index (χ1) is 9.67. The van der Waals surface area contributed by atoms with E-state index in [0.717, 1.165) is 19.6 Å². The van der Waals surface area contributed by atoms with Crippen LogP contribution in [-0.2, 0) is 11.3 Å². The number of ether oxygens (including phenoxy) is 1. The van der Waals surface area contributed by atoms with Crippen molar-refractivity contribution in [1.29, 1.82) is 0 Å². The molecule has 1 aromatic carbocycles. The molecule has 0 aliphatic carbocycles. The Hall–Kier alpha value is -0.940. The molecule has 4 heteroatoms. The first-order valence-corrected chi connectivity index (χ1v) is 7.38. The van der Waals surface area contributed by atoms with Gasteiger partial charge in [-0.25, -0.2) is 0 Å². The molecule has 2 rings (SSSR count).